The normalized spacial score (nSPS) is 15.5. The molecule has 1 aliphatic rings. The lowest BCUT2D eigenvalue weighted by Crippen LogP contribution is -2.33. The van der Waals surface area contributed by atoms with E-state index in [4.69, 9.17) is 21.4 Å². The number of hydrogen-bond donors (Lipinski definition) is 2. The van der Waals surface area contributed by atoms with Gasteiger partial charge >= 0.3 is 5.97 Å². The van der Waals surface area contributed by atoms with Gasteiger partial charge in [0.05, 0.1) is 19.1 Å². The molecule has 0 bridgehead atoms. The second-order valence-corrected chi connectivity index (χ2v) is 5.66. The summed E-state index contributed by atoms with van der Waals surface area (Å²) in [6.45, 7) is 0.554. The Morgan fingerprint density at radius 3 is 2.57 bits per heavy atom. The summed E-state index contributed by atoms with van der Waals surface area (Å²) in [7, 11) is 0. The van der Waals surface area contributed by atoms with Crippen molar-refractivity contribution in [2.75, 3.05) is 13.2 Å². The Bertz CT molecular complexity index is 499. The smallest absolute Gasteiger partial charge is 0.305 e. The minimum atomic E-state index is -0.978. The summed E-state index contributed by atoms with van der Waals surface area (Å²) in [4.78, 5) is 22.8. The third kappa shape index (κ3) is 5.73. The van der Waals surface area contributed by atoms with Gasteiger partial charge in [-0.2, -0.15) is 0 Å². The van der Waals surface area contributed by atoms with Gasteiger partial charge in [-0.05, 0) is 36.5 Å². The second-order valence-electron chi connectivity index (χ2n) is 5.23. The van der Waals surface area contributed by atoms with Crippen molar-refractivity contribution < 1.29 is 19.4 Å². The van der Waals surface area contributed by atoms with Crippen molar-refractivity contribution in [1.82, 2.24) is 5.32 Å². The number of rotatable bonds is 8. The SMILES string of the molecule is O=C(O)C[C@H](NC(=O)COCC1CC1)c1ccc(Cl)cc1. The number of hydrogen-bond acceptors (Lipinski definition) is 3. The number of carboxylic acids is 1. The summed E-state index contributed by atoms with van der Waals surface area (Å²) in [6.07, 6.45) is 2.14. The largest absolute Gasteiger partial charge is 0.481 e. The first-order valence-corrected chi connectivity index (χ1v) is 7.26. The van der Waals surface area contributed by atoms with Crippen LogP contribution in [0.5, 0.6) is 0 Å². The Morgan fingerprint density at radius 1 is 1.33 bits per heavy atom. The molecule has 0 heterocycles. The first-order valence-electron chi connectivity index (χ1n) is 6.89. The average Bonchev–Trinajstić information content (AvgIpc) is 3.22. The summed E-state index contributed by atoms with van der Waals surface area (Å²) in [5.74, 6) is -0.699. The molecule has 0 aliphatic heterocycles. The maximum Gasteiger partial charge on any atom is 0.305 e. The third-order valence-corrected chi connectivity index (χ3v) is 3.52. The summed E-state index contributed by atoms with van der Waals surface area (Å²) >= 11 is 5.81. The Morgan fingerprint density at radius 2 is 2.00 bits per heavy atom. The Hall–Kier alpha value is -1.59. The Balaban J connectivity index is 1.89. The van der Waals surface area contributed by atoms with Gasteiger partial charge < -0.3 is 15.2 Å². The summed E-state index contributed by atoms with van der Waals surface area (Å²) in [6, 6.07) is 6.17. The fourth-order valence-electron chi connectivity index (χ4n) is 1.96. The number of benzene rings is 1. The fraction of sp³-hybridized carbons (Fsp3) is 0.467. The molecule has 6 heteroatoms. The van der Waals surface area contributed by atoms with Crippen molar-refractivity contribution >= 4 is 23.5 Å². The van der Waals surface area contributed by atoms with Crippen LogP contribution in [0.25, 0.3) is 0 Å². The third-order valence-electron chi connectivity index (χ3n) is 3.27. The molecule has 0 unspecified atom stereocenters. The molecule has 1 atom stereocenters. The highest BCUT2D eigenvalue weighted by atomic mass is 35.5. The van der Waals surface area contributed by atoms with Gasteiger partial charge in [0.1, 0.15) is 6.61 Å². The van der Waals surface area contributed by atoms with Crippen LogP contribution in [0.3, 0.4) is 0 Å². The topological polar surface area (TPSA) is 75.6 Å². The van der Waals surface area contributed by atoms with Crippen molar-refractivity contribution in [2.45, 2.75) is 25.3 Å². The van der Waals surface area contributed by atoms with Gasteiger partial charge in [-0.25, -0.2) is 0 Å². The molecule has 1 fully saturated rings. The highest BCUT2D eigenvalue weighted by molar-refractivity contribution is 6.30. The summed E-state index contributed by atoms with van der Waals surface area (Å²) in [5.41, 5.74) is 0.706. The van der Waals surface area contributed by atoms with Gasteiger partial charge in [-0.3, -0.25) is 9.59 Å². The molecule has 1 aliphatic carbocycles. The first-order chi connectivity index (χ1) is 10.0. The van der Waals surface area contributed by atoms with Crippen LogP contribution in [0, 0.1) is 5.92 Å². The predicted molar refractivity (Wildman–Crippen MR) is 78.1 cm³/mol. The van der Waals surface area contributed by atoms with Crippen molar-refractivity contribution in [3.8, 4) is 0 Å². The number of aliphatic carboxylic acids is 1. The van der Waals surface area contributed by atoms with Gasteiger partial charge in [-0.1, -0.05) is 23.7 Å². The highest BCUT2D eigenvalue weighted by Crippen LogP contribution is 2.28. The van der Waals surface area contributed by atoms with Crippen LogP contribution in [-0.4, -0.2) is 30.2 Å². The van der Waals surface area contributed by atoms with E-state index in [-0.39, 0.29) is 18.9 Å². The molecule has 1 aromatic carbocycles. The quantitative estimate of drug-likeness (QED) is 0.773. The zero-order valence-electron chi connectivity index (χ0n) is 11.5. The molecule has 1 amide bonds. The Labute approximate surface area is 128 Å². The minimum Gasteiger partial charge on any atom is -0.481 e. The molecular weight excluding hydrogens is 294 g/mol. The number of ether oxygens (including phenoxy) is 1. The highest BCUT2D eigenvalue weighted by Gasteiger charge is 2.22. The number of amides is 1. The lowest BCUT2D eigenvalue weighted by atomic mass is 10.0. The van der Waals surface area contributed by atoms with E-state index in [1.165, 1.54) is 0 Å². The van der Waals surface area contributed by atoms with Crippen molar-refractivity contribution in [3.05, 3.63) is 34.9 Å². The van der Waals surface area contributed by atoms with Crippen molar-refractivity contribution in [3.63, 3.8) is 0 Å². The molecular formula is C15H18ClNO4. The maximum absolute atomic E-state index is 11.8. The molecule has 21 heavy (non-hydrogen) atoms. The van der Waals surface area contributed by atoms with Crippen LogP contribution in [0.2, 0.25) is 5.02 Å². The lowest BCUT2D eigenvalue weighted by Gasteiger charge is -2.17. The minimum absolute atomic E-state index is 0.0415. The van der Waals surface area contributed by atoms with Crippen LogP contribution < -0.4 is 5.32 Å². The van der Waals surface area contributed by atoms with E-state index in [1.54, 1.807) is 24.3 Å². The van der Waals surface area contributed by atoms with E-state index < -0.39 is 12.0 Å². The molecule has 0 spiro atoms. The molecule has 0 radical (unpaired) electrons. The van der Waals surface area contributed by atoms with E-state index in [0.717, 1.165) is 12.8 Å². The van der Waals surface area contributed by atoms with Crippen LogP contribution in [-0.2, 0) is 14.3 Å². The number of halogens is 1. The summed E-state index contributed by atoms with van der Waals surface area (Å²) in [5, 5.41) is 12.2. The van der Waals surface area contributed by atoms with E-state index in [0.29, 0.717) is 23.1 Å². The van der Waals surface area contributed by atoms with Crippen molar-refractivity contribution in [1.29, 1.82) is 0 Å². The summed E-state index contributed by atoms with van der Waals surface area (Å²) < 4.78 is 5.30. The molecule has 0 aromatic heterocycles. The van der Waals surface area contributed by atoms with Gasteiger partial charge in [0.25, 0.3) is 0 Å². The predicted octanol–water partition coefficient (Wildman–Crippen LogP) is 2.40. The number of carbonyl (C=O) groups is 2. The maximum atomic E-state index is 11.8. The van der Waals surface area contributed by atoms with E-state index in [2.05, 4.69) is 5.32 Å². The van der Waals surface area contributed by atoms with Crippen LogP contribution in [0.15, 0.2) is 24.3 Å². The Kier molecular flexibility index (Phi) is 5.59. The molecule has 2 rings (SSSR count). The zero-order chi connectivity index (χ0) is 15.2. The lowest BCUT2D eigenvalue weighted by molar-refractivity contribution is -0.138. The molecule has 1 aromatic rings. The molecule has 1 saturated carbocycles. The molecule has 0 saturated heterocycles. The second kappa shape index (κ2) is 7.43. The van der Waals surface area contributed by atoms with Gasteiger partial charge in [0.2, 0.25) is 5.91 Å². The zero-order valence-corrected chi connectivity index (χ0v) is 12.3. The first kappa shape index (κ1) is 15.8. The van der Waals surface area contributed by atoms with Gasteiger partial charge in [0, 0.05) is 5.02 Å². The van der Waals surface area contributed by atoms with Gasteiger partial charge in [-0.15, -0.1) is 0 Å². The van der Waals surface area contributed by atoms with E-state index in [9.17, 15) is 9.59 Å². The average molecular weight is 312 g/mol. The van der Waals surface area contributed by atoms with Gasteiger partial charge in [0.15, 0.2) is 0 Å². The molecule has 2 N–H and O–H groups in total. The monoisotopic (exact) mass is 311 g/mol. The van der Waals surface area contributed by atoms with E-state index >= 15 is 0 Å². The van der Waals surface area contributed by atoms with Crippen LogP contribution in [0.1, 0.15) is 30.9 Å². The van der Waals surface area contributed by atoms with Crippen LogP contribution >= 0.6 is 11.6 Å². The number of carboxylic acid groups (broad SMARTS) is 1. The van der Waals surface area contributed by atoms with Crippen LogP contribution in [0.4, 0.5) is 0 Å². The molecule has 114 valence electrons. The standard InChI is InChI=1S/C15H18ClNO4/c16-12-5-3-11(4-6-12)13(7-15(19)20)17-14(18)9-21-8-10-1-2-10/h3-6,10,13H,1-2,7-9H2,(H,17,18)(H,19,20)/t13-/m0/s1. The molecule has 5 nitrogen and oxygen atoms in total. The fourth-order valence-corrected chi connectivity index (χ4v) is 2.09. The number of nitrogens with one attached hydrogen (secondary N) is 1. The van der Waals surface area contributed by atoms with E-state index in [1.807, 2.05) is 0 Å². The number of carbonyl (C=O) groups excluding carboxylic acids is 1. The van der Waals surface area contributed by atoms with Crippen molar-refractivity contribution in [2.24, 2.45) is 5.92 Å².